The number of hydrogen-bond acceptors (Lipinski definition) is 2. The number of nitrogens with zero attached hydrogens (tertiary/aromatic N) is 4. The third-order valence-electron chi connectivity index (χ3n) is 13.5. The lowest BCUT2D eigenvalue weighted by Crippen LogP contribution is -2.15. The van der Waals surface area contributed by atoms with Crippen molar-refractivity contribution in [1.29, 1.82) is 0 Å². The van der Waals surface area contributed by atoms with Gasteiger partial charge in [-0.05, 0) is 88.0 Å². The minimum absolute atomic E-state index is 0.236. The van der Waals surface area contributed by atoms with Crippen molar-refractivity contribution in [2.45, 2.75) is 19.3 Å². The summed E-state index contributed by atoms with van der Waals surface area (Å²) in [6, 6.07) is 74.7. The van der Waals surface area contributed by atoms with Crippen molar-refractivity contribution in [2.75, 3.05) is 0 Å². The molecule has 9 aromatic carbocycles. The lowest BCUT2D eigenvalue weighted by molar-refractivity contribution is 0.660. The summed E-state index contributed by atoms with van der Waals surface area (Å²) in [7, 11) is 0. The second-order valence-corrected chi connectivity index (χ2v) is 17.3. The van der Waals surface area contributed by atoms with Crippen LogP contribution in [-0.4, -0.2) is 19.1 Å². The maximum Gasteiger partial charge on any atom is 0.161 e. The van der Waals surface area contributed by atoms with Crippen LogP contribution in [0.15, 0.2) is 206 Å². The zero-order valence-electron chi connectivity index (χ0n) is 34.9. The number of rotatable bonds is 5. The first-order chi connectivity index (χ1) is 31.0. The van der Waals surface area contributed by atoms with E-state index in [9.17, 15) is 0 Å². The fourth-order valence-corrected chi connectivity index (χ4v) is 10.6. The van der Waals surface area contributed by atoms with Gasteiger partial charge in [0.25, 0.3) is 0 Å². The van der Waals surface area contributed by atoms with E-state index in [4.69, 9.17) is 9.97 Å². The van der Waals surface area contributed by atoms with Gasteiger partial charge >= 0.3 is 0 Å². The van der Waals surface area contributed by atoms with Gasteiger partial charge in [0.2, 0.25) is 0 Å². The minimum atomic E-state index is -0.236. The third kappa shape index (κ3) is 5.22. The van der Waals surface area contributed by atoms with Crippen molar-refractivity contribution < 1.29 is 0 Å². The van der Waals surface area contributed by atoms with E-state index < -0.39 is 0 Å². The van der Waals surface area contributed by atoms with Crippen LogP contribution in [0.2, 0.25) is 0 Å². The molecule has 0 saturated carbocycles. The summed E-state index contributed by atoms with van der Waals surface area (Å²) in [6.07, 6.45) is 0. The molecule has 0 spiro atoms. The number of para-hydroxylation sites is 4. The molecule has 0 fully saturated rings. The molecule has 0 amide bonds. The summed E-state index contributed by atoms with van der Waals surface area (Å²) in [4.78, 5) is 10.5. The highest BCUT2D eigenvalue weighted by molar-refractivity contribution is 6.24. The molecule has 0 bridgehead atoms. The standard InChI is InChI=1S/C59H40N4/c1-59(2)49-26-16-25-47(58-60-51-27-14-12-24-46(51)55(61-58)37-17-6-3-7-18-37)54(49)45-31-29-39(36-50(45)59)38-30-34-53-48(35-38)44-33-32-43-42-23-13-15-28-52(42)62(40-19-8-4-9-20-40)56(43)57(44)63(53)41-21-10-5-11-22-41/h3-36H,1-2H3. The van der Waals surface area contributed by atoms with E-state index >= 15 is 0 Å². The first-order valence-electron chi connectivity index (χ1n) is 21.8. The van der Waals surface area contributed by atoms with Crippen LogP contribution in [0.1, 0.15) is 25.0 Å². The van der Waals surface area contributed by atoms with Crippen LogP contribution in [0.25, 0.3) is 111 Å². The molecule has 1 aliphatic carbocycles. The molecule has 0 radical (unpaired) electrons. The Kier molecular flexibility index (Phi) is 7.62. The molecule has 13 rings (SSSR count). The monoisotopic (exact) mass is 804 g/mol. The molecule has 1 aliphatic rings. The van der Waals surface area contributed by atoms with Gasteiger partial charge in [0, 0.05) is 54.8 Å². The summed E-state index contributed by atoms with van der Waals surface area (Å²) < 4.78 is 4.92. The van der Waals surface area contributed by atoms with Gasteiger partial charge < -0.3 is 9.13 Å². The van der Waals surface area contributed by atoms with Gasteiger partial charge in [0.15, 0.2) is 5.82 Å². The van der Waals surface area contributed by atoms with Crippen LogP contribution < -0.4 is 0 Å². The first-order valence-corrected chi connectivity index (χ1v) is 21.8. The molecule has 0 aliphatic heterocycles. The SMILES string of the molecule is CC1(C)c2cc(-c3ccc4c(c3)c3ccc5c6ccccc6n(-c6ccccc6)c5c3n4-c3ccccc3)ccc2-c2c(-c3nc(-c4ccccc4)c4ccccc4n3)cccc21. The number of fused-ring (bicyclic) bond motifs is 11. The zero-order chi connectivity index (χ0) is 41.8. The maximum atomic E-state index is 5.32. The van der Waals surface area contributed by atoms with Crippen LogP contribution in [0.3, 0.4) is 0 Å². The van der Waals surface area contributed by atoms with E-state index in [-0.39, 0.29) is 5.41 Å². The first kappa shape index (κ1) is 35.7. The summed E-state index contributed by atoms with van der Waals surface area (Å²) in [5.41, 5.74) is 18.3. The summed E-state index contributed by atoms with van der Waals surface area (Å²) in [6.45, 7) is 4.71. The molecule has 0 atom stereocenters. The minimum Gasteiger partial charge on any atom is -0.307 e. The van der Waals surface area contributed by atoms with Crippen molar-refractivity contribution in [1.82, 2.24) is 19.1 Å². The molecular weight excluding hydrogens is 765 g/mol. The molecule has 3 heterocycles. The Hall–Kier alpha value is -8.08. The second-order valence-electron chi connectivity index (χ2n) is 17.3. The largest absolute Gasteiger partial charge is 0.307 e. The molecule has 0 saturated heterocycles. The van der Waals surface area contributed by atoms with Gasteiger partial charge in [-0.25, -0.2) is 9.97 Å². The van der Waals surface area contributed by atoms with Crippen molar-refractivity contribution in [3.05, 3.63) is 217 Å². The van der Waals surface area contributed by atoms with E-state index in [1.807, 2.05) is 0 Å². The average molecular weight is 805 g/mol. The van der Waals surface area contributed by atoms with Crippen LogP contribution in [-0.2, 0) is 5.41 Å². The van der Waals surface area contributed by atoms with E-state index in [1.54, 1.807) is 0 Å². The maximum absolute atomic E-state index is 5.32. The summed E-state index contributed by atoms with van der Waals surface area (Å²) in [5, 5.41) is 6.00. The molecule has 4 heteroatoms. The number of hydrogen-bond donors (Lipinski definition) is 0. The molecule has 3 aromatic heterocycles. The predicted molar refractivity (Wildman–Crippen MR) is 262 cm³/mol. The lowest BCUT2D eigenvalue weighted by Gasteiger charge is -2.22. The smallest absolute Gasteiger partial charge is 0.161 e. The fourth-order valence-electron chi connectivity index (χ4n) is 10.6. The molecule has 4 nitrogen and oxygen atoms in total. The number of benzene rings is 9. The highest BCUT2D eigenvalue weighted by Gasteiger charge is 2.38. The Bertz CT molecular complexity index is 3800. The average Bonchev–Trinajstić information content (AvgIpc) is 3.94. The molecule has 12 aromatic rings. The Morgan fingerprint density at radius 2 is 0.968 bits per heavy atom. The van der Waals surface area contributed by atoms with Crippen LogP contribution in [0, 0.1) is 0 Å². The highest BCUT2D eigenvalue weighted by Crippen LogP contribution is 2.53. The molecule has 0 unspecified atom stereocenters. The van der Waals surface area contributed by atoms with Gasteiger partial charge in [0.05, 0.1) is 33.3 Å². The van der Waals surface area contributed by atoms with Crippen LogP contribution >= 0.6 is 0 Å². The lowest BCUT2D eigenvalue weighted by atomic mass is 9.81. The number of aromatic nitrogens is 4. The summed E-state index contributed by atoms with van der Waals surface area (Å²) >= 11 is 0. The topological polar surface area (TPSA) is 35.6 Å². The third-order valence-corrected chi connectivity index (χ3v) is 13.5. The van der Waals surface area contributed by atoms with E-state index in [0.29, 0.717) is 0 Å². The van der Waals surface area contributed by atoms with Gasteiger partial charge in [-0.3, -0.25) is 0 Å². The van der Waals surface area contributed by atoms with Gasteiger partial charge in [-0.1, -0.05) is 166 Å². The Morgan fingerprint density at radius 3 is 1.70 bits per heavy atom. The molecule has 296 valence electrons. The van der Waals surface area contributed by atoms with Gasteiger partial charge in [-0.2, -0.15) is 0 Å². The Morgan fingerprint density at radius 1 is 0.381 bits per heavy atom. The molecule has 63 heavy (non-hydrogen) atoms. The predicted octanol–water partition coefficient (Wildman–Crippen LogP) is 15.1. The van der Waals surface area contributed by atoms with E-state index in [2.05, 4.69) is 229 Å². The fraction of sp³-hybridized carbons (Fsp3) is 0.0508. The van der Waals surface area contributed by atoms with Crippen molar-refractivity contribution in [2.24, 2.45) is 0 Å². The van der Waals surface area contributed by atoms with Crippen molar-refractivity contribution in [3.8, 4) is 56.3 Å². The summed E-state index contributed by atoms with van der Waals surface area (Å²) in [5.74, 6) is 0.748. The van der Waals surface area contributed by atoms with E-state index in [1.165, 1.54) is 77.0 Å². The normalized spacial score (nSPS) is 13.0. The van der Waals surface area contributed by atoms with Crippen molar-refractivity contribution >= 4 is 54.5 Å². The zero-order valence-corrected chi connectivity index (χ0v) is 34.9. The van der Waals surface area contributed by atoms with Gasteiger partial charge in [-0.15, -0.1) is 0 Å². The quantitative estimate of drug-likeness (QED) is 0.174. The van der Waals surface area contributed by atoms with E-state index in [0.717, 1.165) is 44.9 Å². The van der Waals surface area contributed by atoms with Crippen LogP contribution in [0.5, 0.6) is 0 Å². The van der Waals surface area contributed by atoms with Gasteiger partial charge in [0.1, 0.15) is 0 Å². The highest BCUT2D eigenvalue weighted by atomic mass is 15.0. The second kappa shape index (κ2) is 13.5. The van der Waals surface area contributed by atoms with Crippen molar-refractivity contribution in [3.63, 3.8) is 0 Å². The Balaban J connectivity index is 1.01. The molecule has 0 N–H and O–H groups in total. The van der Waals surface area contributed by atoms with Crippen LogP contribution in [0.4, 0.5) is 0 Å². The Labute approximate surface area is 365 Å². The molecular formula is C59H40N4.